The number of rotatable bonds is 4. The summed E-state index contributed by atoms with van der Waals surface area (Å²) in [6.07, 6.45) is 2.11. The van der Waals surface area contributed by atoms with Crippen molar-refractivity contribution in [3.63, 3.8) is 0 Å². The van der Waals surface area contributed by atoms with E-state index in [-0.39, 0.29) is 23.3 Å². The molecular formula is C17H18N2O3S. The lowest BCUT2D eigenvalue weighted by molar-refractivity contribution is 0.474. The van der Waals surface area contributed by atoms with Crippen LogP contribution < -0.4 is 5.01 Å². The molecule has 1 aliphatic heterocycles. The van der Waals surface area contributed by atoms with Gasteiger partial charge in [-0.2, -0.15) is 5.10 Å². The summed E-state index contributed by atoms with van der Waals surface area (Å²) in [6.45, 7) is 0. The van der Waals surface area contributed by atoms with Crippen LogP contribution in [0.25, 0.3) is 0 Å². The van der Waals surface area contributed by atoms with Gasteiger partial charge >= 0.3 is 0 Å². The molecule has 2 aromatic carbocycles. The van der Waals surface area contributed by atoms with Gasteiger partial charge in [0.05, 0.1) is 29.4 Å². The molecule has 1 unspecified atom stereocenters. The van der Waals surface area contributed by atoms with Gasteiger partial charge in [0.25, 0.3) is 0 Å². The molecule has 1 heterocycles. The molecule has 0 aliphatic carbocycles. The zero-order chi connectivity index (χ0) is 16.3. The minimum Gasteiger partial charge on any atom is -0.507 e. The number of hydrogen-bond acceptors (Lipinski definition) is 5. The molecule has 1 atom stereocenters. The number of benzene rings is 2. The molecule has 0 aromatic heterocycles. The molecule has 0 amide bonds. The number of hydrazone groups is 1. The first-order valence-electron chi connectivity index (χ1n) is 7.42. The van der Waals surface area contributed by atoms with Gasteiger partial charge in [-0.3, -0.25) is 5.01 Å². The lowest BCUT2D eigenvalue weighted by Gasteiger charge is -2.25. The van der Waals surface area contributed by atoms with Gasteiger partial charge < -0.3 is 5.11 Å². The third kappa shape index (κ3) is 3.71. The quantitative estimate of drug-likeness (QED) is 0.690. The topological polar surface area (TPSA) is 70.0 Å². The predicted molar refractivity (Wildman–Crippen MR) is 91.7 cm³/mol. The van der Waals surface area contributed by atoms with Gasteiger partial charge in [0.15, 0.2) is 9.84 Å². The summed E-state index contributed by atoms with van der Waals surface area (Å²) in [5.74, 6) is 0.427. The number of sulfone groups is 1. The van der Waals surface area contributed by atoms with Crippen molar-refractivity contribution < 1.29 is 13.5 Å². The normalized spacial score (nSPS) is 19.9. The van der Waals surface area contributed by atoms with Crippen molar-refractivity contribution in [2.24, 2.45) is 5.10 Å². The molecule has 0 spiro atoms. The fourth-order valence-electron chi connectivity index (χ4n) is 2.64. The van der Waals surface area contributed by atoms with Gasteiger partial charge in [-0.15, -0.1) is 0 Å². The minimum atomic E-state index is -3.00. The summed E-state index contributed by atoms with van der Waals surface area (Å²) in [5.41, 5.74) is 1.43. The molecular weight excluding hydrogens is 312 g/mol. The van der Waals surface area contributed by atoms with E-state index in [2.05, 4.69) is 5.10 Å². The Bertz CT molecular complexity index is 804. The third-order valence-electron chi connectivity index (χ3n) is 3.83. The first-order chi connectivity index (χ1) is 11.1. The number of nitrogens with zero attached hydrogens (tertiary/aromatic N) is 2. The van der Waals surface area contributed by atoms with Crippen molar-refractivity contribution in [1.29, 1.82) is 0 Å². The largest absolute Gasteiger partial charge is 0.507 e. The van der Waals surface area contributed by atoms with Crippen LogP contribution in [0.15, 0.2) is 59.7 Å². The van der Waals surface area contributed by atoms with Crippen LogP contribution in [0.4, 0.5) is 5.69 Å². The Morgan fingerprint density at radius 3 is 2.43 bits per heavy atom. The molecule has 1 aliphatic rings. The second kappa shape index (κ2) is 6.42. The second-order valence-corrected chi connectivity index (χ2v) is 7.77. The number of phenolic OH excluding ortho intramolecular Hbond substituents is 1. The lowest BCUT2D eigenvalue weighted by atomic mass is 10.2. The maximum absolute atomic E-state index is 11.8. The van der Waals surface area contributed by atoms with Crippen LogP contribution in [-0.2, 0) is 9.84 Å². The van der Waals surface area contributed by atoms with E-state index >= 15 is 0 Å². The van der Waals surface area contributed by atoms with Gasteiger partial charge in [-0.1, -0.05) is 30.3 Å². The Balaban J connectivity index is 1.92. The number of aromatic hydroxyl groups is 1. The van der Waals surface area contributed by atoms with Crippen molar-refractivity contribution in [3.05, 3.63) is 60.2 Å². The maximum Gasteiger partial charge on any atom is 0.152 e. The average Bonchev–Trinajstić information content (AvgIpc) is 2.90. The van der Waals surface area contributed by atoms with Gasteiger partial charge in [-0.05, 0) is 30.7 Å². The molecule has 1 N–H and O–H groups in total. The molecule has 6 heteroatoms. The van der Waals surface area contributed by atoms with Gasteiger partial charge in [-0.25, -0.2) is 8.42 Å². The lowest BCUT2D eigenvalue weighted by Crippen LogP contribution is -2.31. The Morgan fingerprint density at radius 1 is 1.09 bits per heavy atom. The van der Waals surface area contributed by atoms with Crippen molar-refractivity contribution in [2.75, 3.05) is 16.5 Å². The molecule has 2 aromatic rings. The summed E-state index contributed by atoms with van der Waals surface area (Å²) < 4.78 is 23.6. The highest BCUT2D eigenvalue weighted by molar-refractivity contribution is 7.91. The Hall–Kier alpha value is -2.34. The van der Waals surface area contributed by atoms with E-state index in [9.17, 15) is 13.5 Å². The van der Waals surface area contributed by atoms with Crippen LogP contribution in [0.1, 0.15) is 12.0 Å². The van der Waals surface area contributed by atoms with Crippen LogP contribution in [0.3, 0.4) is 0 Å². The predicted octanol–water partition coefficient (Wildman–Crippen LogP) is 2.42. The van der Waals surface area contributed by atoms with Crippen molar-refractivity contribution in [1.82, 2.24) is 0 Å². The number of anilines is 1. The fourth-order valence-corrected chi connectivity index (χ4v) is 4.33. The van der Waals surface area contributed by atoms with Gasteiger partial charge in [0, 0.05) is 5.56 Å². The van der Waals surface area contributed by atoms with E-state index < -0.39 is 9.84 Å². The summed E-state index contributed by atoms with van der Waals surface area (Å²) in [6, 6.07) is 16.2. The summed E-state index contributed by atoms with van der Waals surface area (Å²) >= 11 is 0. The maximum atomic E-state index is 11.8. The summed E-state index contributed by atoms with van der Waals surface area (Å²) in [5, 5.41) is 16.0. The Labute approximate surface area is 135 Å². The summed E-state index contributed by atoms with van der Waals surface area (Å²) in [4.78, 5) is 0. The minimum absolute atomic E-state index is 0.0972. The van der Waals surface area contributed by atoms with E-state index in [0.29, 0.717) is 12.0 Å². The van der Waals surface area contributed by atoms with Crippen LogP contribution >= 0.6 is 0 Å². The molecule has 3 rings (SSSR count). The molecule has 0 bridgehead atoms. The second-order valence-electron chi connectivity index (χ2n) is 5.54. The summed E-state index contributed by atoms with van der Waals surface area (Å²) in [7, 11) is -3.00. The standard InChI is InChI=1S/C17H18N2O3S/c20-17-9-5-4-6-14(17)12-18-19(15-7-2-1-3-8-15)16-10-11-23(21,22)13-16/h1-9,12,16,20H,10-11,13H2/b18-12+. The first kappa shape index (κ1) is 15.6. The molecule has 120 valence electrons. The molecule has 0 radical (unpaired) electrons. The smallest absolute Gasteiger partial charge is 0.152 e. The highest BCUT2D eigenvalue weighted by atomic mass is 32.2. The molecule has 23 heavy (non-hydrogen) atoms. The molecule has 0 saturated carbocycles. The monoisotopic (exact) mass is 330 g/mol. The van der Waals surface area contributed by atoms with Crippen LogP contribution in [0.5, 0.6) is 5.75 Å². The zero-order valence-electron chi connectivity index (χ0n) is 12.5. The molecule has 1 fully saturated rings. The van der Waals surface area contributed by atoms with Crippen LogP contribution in [0.2, 0.25) is 0 Å². The van der Waals surface area contributed by atoms with E-state index in [1.807, 2.05) is 36.4 Å². The van der Waals surface area contributed by atoms with Crippen LogP contribution in [-0.4, -0.2) is 37.3 Å². The third-order valence-corrected chi connectivity index (χ3v) is 5.58. The van der Waals surface area contributed by atoms with Crippen molar-refractivity contribution >= 4 is 21.7 Å². The average molecular weight is 330 g/mol. The SMILES string of the molecule is O=S1(=O)CCC(N(/N=C/c2ccccc2O)c2ccccc2)C1. The van der Waals surface area contributed by atoms with Crippen molar-refractivity contribution in [2.45, 2.75) is 12.5 Å². The van der Waals surface area contributed by atoms with E-state index in [0.717, 1.165) is 5.69 Å². The van der Waals surface area contributed by atoms with Crippen LogP contribution in [0, 0.1) is 0 Å². The molecule has 5 nitrogen and oxygen atoms in total. The zero-order valence-corrected chi connectivity index (χ0v) is 13.4. The molecule has 1 saturated heterocycles. The number of hydrogen-bond donors (Lipinski definition) is 1. The van der Waals surface area contributed by atoms with E-state index in [4.69, 9.17) is 0 Å². The van der Waals surface area contributed by atoms with Gasteiger partial charge in [0.2, 0.25) is 0 Å². The van der Waals surface area contributed by atoms with Crippen molar-refractivity contribution in [3.8, 4) is 5.75 Å². The first-order valence-corrected chi connectivity index (χ1v) is 9.24. The van der Waals surface area contributed by atoms with Gasteiger partial charge in [0.1, 0.15) is 5.75 Å². The van der Waals surface area contributed by atoms with E-state index in [1.165, 1.54) is 0 Å². The Kier molecular flexibility index (Phi) is 4.34. The Morgan fingerprint density at radius 2 is 1.78 bits per heavy atom. The fraction of sp³-hybridized carbons (Fsp3) is 0.235. The highest BCUT2D eigenvalue weighted by Gasteiger charge is 2.32. The van der Waals surface area contributed by atoms with E-state index in [1.54, 1.807) is 29.4 Å². The number of para-hydroxylation sites is 2. The number of phenols is 1. The highest BCUT2D eigenvalue weighted by Crippen LogP contribution is 2.25.